The van der Waals surface area contributed by atoms with E-state index in [1.165, 1.54) is 5.56 Å². The fraction of sp³-hybridized carbons (Fsp3) is 0.462. The van der Waals surface area contributed by atoms with Crippen LogP contribution in [0.2, 0.25) is 0 Å². The van der Waals surface area contributed by atoms with Gasteiger partial charge in [0.1, 0.15) is 0 Å². The minimum Gasteiger partial charge on any atom is -0.358 e. The second-order valence-electron chi connectivity index (χ2n) is 4.23. The molecule has 0 spiro atoms. The van der Waals surface area contributed by atoms with Crippen LogP contribution >= 0.6 is 0 Å². The fourth-order valence-electron chi connectivity index (χ4n) is 1.69. The first kappa shape index (κ1) is 13.7. The van der Waals surface area contributed by atoms with E-state index in [4.69, 9.17) is 5.73 Å². The smallest absolute Gasteiger partial charge is 0.236 e. The largest absolute Gasteiger partial charge is 0.358 e. The average molecular weight is 235 g/mol. The number of rotatable bonds is 5. The van der Waals surface area contributed by atoms with Gasteiger partial charge in [0, 0.05) is 20.1 Å². The zero-order valence-corrected chi connectivity index (χ0v) is 10.7. The van der Waals surface area contributed by atoms with E-state index < -0.39 is 0 Å². The van der Waals surface area contributed by atoms with E-state index >= 15 is 0 Å². The van der Waals surface area contributed by atoms with Gasteiger partial charge in [-0.1, -0.05) is 24.3 Å². The van der Waals surface area contributed by atoms with Crippen LogP contribution in [-0.4, -0.2) is 30.9 Å². The fourth-order valence-corrected chi connectivity index (χ4v) is 1.69. The molecule has 0 bridgehead atoms. The minimum absolute atomic E-state index is 0.0301. The molecule has 1 unspecified atom stereocenters. The Kier molecular flexibility index (Phi) is 5.12. The summed E-state index contributed by atoms with van der Waals surface area (Å²) < 4.78 is 0. The van der Waals surface area contributed by atoms with Crippen molar-refractivity contribution in [2.24, 2.45) is 5.73 Å². The van der Waals surface area contributed by atoms with Crippen molar-refractivity contribution in [3.05, 3.63) is 35.4 Å². The second-order valence-corrected chi connectivity index (χ2v) is 4.23. The van der Waals surface area contributed by atoms with E-state index in [1.54, 1.807) is 7.05 Å². The number of hydrogen-bond donors (Lipinski definition) is 2. The predicted molar refractivity (Wildman–Crippen MR) is 69.3 cm³/mol. The molecule has 0 heterocycles. The Bertz CT molecular complexity index is 379. The Morgan fingerprint density at radius 2 is 2.12 bits per heavy atom. The lowest BCUT2D eigenvalue weighted by Crippen LogP contribution is -2.41. The van der Waals surface area contributed by atoms with Gasteiger partial charge in [-0.2, -0.15) is 0 Å². The summed E-state index contributed by atoms with van der Waals surface area (Å²) in [5.41, 5.74) is 7.89. The maximum Gasteiger partial charge on any atom is 0.236 e. The summed E-state index contributed by atoms with van der Waals surface area (Å²) in [6.45, 7) is 3.18. The Morgan fingerprint density at radius 1 is 1.47 bits per heavy atom. The van der Waals surface area contributed by atoms with Gasteiger partial charge in [0.15, 0.2) is 0 Å². The van der Waals surface area contributed by atoms with Gasteiger partial charge < -0.3 is 11.1 Å². The number of amides is 1. The van der Waals surface area contributed by atoms with E-state index in [2.05, 4.69) is 11.4 Å². The highest BCUT2D eigenvalue weighted by Crippen LogP contribution is 2.09. The first-order chi connectivity index (χ1) is 8.08. The molecule has 1 aromatic rings. The van der Waals surface area contributed by atoms with Crippen molar-refractivity contribution in [1.29, 1.82) is 0 Å². The molecule has 1 aromatic carbocycles. The summed E-state index contributed by atoms with van der Waals surface area (Å²) in [5, 5.41) is 2.65. The average Bonchev–Trinajstić information content (AvgIpc) is 2.37. The zero-order valence-electron chi connectivity index (χ0n) is 10.7. The van der Waals surface area contributed by atoms with Crippen LogP contribution in [0.4, 0.5) is 0 Å². The third-order valence-corrected chi connectivity index (χ3v) is 2.95. The van der Waals surface area contributed by atoms with Crippen LogP contribution in [0.5, 0.6) is 0 Å². The highest BCUT2D eigenvalue weighted by molar-refractivity contribution is 5.80. The van der Waals surface area contributed by atoms with Crippen LogP contribution in [0, 0.1) is 0 Å². The Morgan fingerprint density at radius 3 is 2.71 bits per heavy atom. The summed E-state index contributed by atoms with van der Waals surface area (Å²) in [7, 11) is 3.59. The summed E-state index contributed by atoms with van der Waals surface area (Å²) in [6.07, 6.45) is 0. The van der Waals surface area contributed by atoms with Gasteiger partial charge in [0.2, 0.25) is 5.91 Å². The van der Waals surface area contributed by atoms with E-state index in [9.17, 15) is 4.79 Å². The Hall–Kier alpha value is -1.39. The molecular formula is C13H21N3O. The third-order valence-electron chi connectivity index (χ3n) is 2.95. The molecule has 94 valence electrons. The Labute approximate surface area is 103 Å². The molecule has 0 aliphatic rings. The first-order valence-corrected chi connectivity index (χ1v) is 5.78. The van der Waals surface area contributed by atoms with Gasteiger partial charge >= 0.3 is 0 Å². The summed E-state index contributed by atoms with van der Waals surface area (Å²) >= 11 is 0. The maximum absolute atomic E-state index is 11.5. The molecule has 4 heteroatoms. The number of carbonyl (C=O) groups excluding carboxylic acids is 1. The maximum atomic E-state index is 11.5. The highest BCUT2D eigenvalue weighted by atomic mass is 16.2. The molecule has 1 atom stereocenters. The van der Waals surface area contributed by atoms with Crippen molar-refractivity contribution in [2.75, 3.05) is 14.1 Å². The van der Waals surface area contributed by atoms with Crippen LogP contribution in [-0.2, 0) is 17.9 Å². The van der Waals surface area contributed by atoms with Gasteiger partial charge in [0.05, 0.1) is 6.04 Å². The molecule has 3 N–H and O–H groups in total. The van der Waals surface area contributed by atoms with Crippen molar-refractivity contribution in [1.82, 2.24) is 10.2 Å². The number of carbonyl (C=O) groups is 1. The van der Waals surface area contributed by atoms with Gasteiger partial charge in [-0.05, 0) is 25.1 Å². The SMILES string of the molecule is CNC(=O)C(C)N(C)Cc1cccc(CN)c1. The number of nitrogens with one attached hydrogen (secondary N) is 1. The van der Waals surface area contributed by atoms with E-state index in [-0.39, 0.29) is 11.9 Å². The molecule has 0 aromatic heterocycles. The van der Waals surface area contributed by atoms with Crippen molar-refractivity contribution in [3.8, 4) is 0 Å². The van der Waals surface area contributed by atoms with E-state index in [0.29, 0.717) is 6.54 Å². The molecule has 0 saturated heterocycles. The summed E-state index contributed by atoms with van der Waals surface area (Å²) in [6, 6.07) is 7.99. The van der Waals surface area contributed by atoms with Crippen LogP contribution in [0.3, 0.4) is 0 Å². The van der Waals surface area contributed by atoms with Crippen LogP contribution in [0.15, 0.2) is 24.3 Å². The van der Waals surface area contributed by atoms with Crippen molar-refractivity contribution in [2.45, 2.75) is 26.1 Å². The summed E-state index contributed by atoms with van der Waals surface area (Å²) in [5.74, 6) is 0.0301. The molecule has 0 radical (unpaired) electrons. The number of hydrogen-bond acceptors (Lipinski definition) is 3. The highest BCUT2D eigenvalue weighted by Gasteiger charge is 2.16. The molecule has 4 nitrogen and oxygen atoms in total. The summed E-state index contributed by atoms with van der Waals surface area (Å²) in [4.78, 5) is 13.5. The molecule has 0 fully saturated rings. The molecule has 17 heavy (non-hydrogen) atoms. The van der Waals surface area contributed by atoms with Crippen LogP contribution < -0.4 is 11.1 Å². The van der Waals surface area contributed by atoms with Crippen molar-refractivity contribution < 1.29 is 4.79 Å². The predicted octanol–water partition coefficient (Wildman–Crippen LogP) is 0.712. The van der Waals surface area contributed by atoms with Crippen LogP contribution in [0.25, 0.3) is 0 Å². The topological polar surface area (TPSA) is 58.4 Å². The molecular weight excluding hydrogens is 214 g/mol. The van der Waals surface area contributed by atoms with Gasteiger partial charge in [0.25, 0.3) is 0 Å². The molecule has 0 aliphatic carbocycles. The first-order valence-electron chi connectivity index (χ1n) is 5.78. The standard InChI is InChI=1S/C13H21N3O/c1-10(13(17)15-2)16(3)9-12-6-4-5-11(7-12)8-14/h4-7,10H,8-9,14H2,1-3H3,(H,15,17). The molecule has 1 rings (SSSR count). The number of nitrogens with two attached hydrogens (primary N) is 1. The normalized spacial score (nSPS) is 12.5. The minimum atomic E-state index is -0.137. The third kappa shape index (κ3) is 3.84. The second kappa shape index (κ2) is 6.37. The lowest BCUT2D eigenvalue weighted by Gasteiger charge is -2.23. The van der Waals surface area contributed by atoms with Gasteiger partial charge in [-0.25, -0.2) is 0 Å². The Balaban J connectivity index is 2.66. The molecule has 0 saturated carbocycles. The number of benzene rings is 1. The number of likely N-dealkylation sites (N-methyl/N-ethyl adjacent to an activating group) is 2. The van der Waals surface area contributed by atoms with Gasteiger partial charge in [-0.15, -0.1) is 0 Å². The number of nitrogens with zero attached hydrogens (tertiary/aromatic N) is 1. The van der Waals surface area contributed by atoms with E-state index in [0.717, 1.165) is 12.1 Å². The monoisotopic (exact) mass is 235 g/mol. The van der Waals surface area contributed by atoms with Crippen LogP contribution in [0.1, 0.15) is 18.1 Å². The van der Waals surface area contributed by atoms with Crippen molar-refractivity contribution in [3.63, 3.8) is 0 Å². The zero-order chi connectivity index (χ0) is 12.8. The van der Waals surface area contributed by atoms with Gasteiger partial charge in [-0.3, -0.25) is 9.69 Å². The quantitative estimate of drug-likeness (QED) is 0.790. The molecule has 1 amide bonds. The lowest BCUT2D eigenvalue weighted by molar-refractivity contribution is -0.125. The van der Waals surface area contributed by atoms with Crippen molar-refractivity contribution >= 4 is 5.91 Å². The van der Waals surface area contributed by atoms with E-state index in [1.807, 2.05) is 37.1 Å². The molecule has 0 aliphatic heterocycles. The lowest BCUT2D eigenvalue weighted by atomic mass is 10.1.